The number of hydrogen-bond donors (Lipinski definition) is 0. The lowest BCUT2D eigenvalue weighted by Crippen LogP contribution is -2.37. The Bertz CT molecular complexity index is 621. The van der Waals surface area contributed by atoms with Crippen LogP contribution < -0.4 is 0 Å². The van der Waals surface area contributed by atoms with E-state index in [1.807, 2.05) is 12.1 Å². The molecule has 1 aromatic carbocycles. The Morgan fingerprint density at radius 1 is 1.32 bits per heavy atom. The van der Waals surface area contributed by atoms with E-state index < -0.39 is 0 Å². The molecule has 5 nitrogen and oxygen atoms in total. The van der Waals surface area contributed by atoms with E-state index in [0.717, 1.165) is 6.42 Å². The van der Waals surface area contributed by atoms with Gasteiger partial charge in [-0.2, -0.15) is 0 Å². The van der Waals surface area contributed by atoms with Gasteiger partial charge >= 0.3 is 0 Å². The van der Waals surface area contributed by atoms with Gasteiger partial charge in [-0.1, -0.05) is 24.3 Å². The Morgan fingerprint density at radius 2 is 2.05 bits per heavy atom. The SMILES string of the molecule is CC(=O)N1Cc2ccccc2CC1c1nnc(C)o1. The van der Waals surface area contributed by atoms with Crippen molar-refractivity contribution in [3.05, 3.63) is 47.2 Å². The summed E-state index contributed by atoms with van der Waals surface area (Å²) < 4.78 is 5.50. The van der Waals surface area contributed by atoms with Crippen molar-refractivity contribution < 1.29 is 9.21 Å². The fourth-order valence-corrected chi connectivity index (χ4v) is 2.52. The highest BCUT2D eigenvalue weighted by molar-refractivity contribution is 5.74. The normalized spacial score (nSPS) is 18.2. The maximum atomic E-state index is 11.8. The van der Waals surface area contributed by atoms with Crippen LogP contribution >= 0.6 is 0 Å². The van der Waals surface area contributed by atoms with Crippen LogP contribution in [0.25, 0.3) is 0 Å². The van der Waals surface area contributed by atoms with Crippen LogP contribution in [0.2, 0.25) is 0 Å². The molecule has 5 heteroatoms. The predicted molar refractivity (Wildman–Crippen MR) is 68.1 cm³/mol. The van der Waals surface area contributed by atoms with Gasteiger partial charge in [0.1, 0.15) is 6.04 Å². The fraction of sp³-hybridized carbons (Fsp3) is 0.357. The molecule has 1 unspecified atom stereocenters. The van der Waals surface area contributed by atoms with Crippen molar-refractivity contribution in [2.24, 2.45) is 0 Å². The summed E-state index contributed by atoms with van der Waals surface area (Å²) in [7, 11) is 0. The van der Waals surface area contributed by atoms with E-state index in [4.69, 9.17) is 4.42 Å². The number of fused-ring (bicyclic) bond motifs is 1. The average molecular weight is 257 g/mol. The number of aryl methyl sites for hydroxylation is 1. The van der Waals surface area contributed by atoms with E-state index in [-0.39, 0.29) is 11.9 Å². The van der Waals surface area contributed by atoms with E-state index in [0.29, 0.717) is 18.3 Å². The molecule has 2 heterocycles. The summed E-state index contributed by atoms with van der Waals surface area (Å²) in [4.78, 5) is 13.6. The van der Waals surface area contributed by atoms with E-state index >= 15 is 0 Å². The van der Waals surface area contributed by atoms with Gasteiger partial charge in [-0.15, -0.1) is 10.2 Å². The van der Waals surface area contributed by atoms with Gasteiger partial charge in [0.2, 0.25) is 17.7 Å². The second-order valence-corrected chi connectivity index (χ2v) is 4.79. The second-order valence-electron chi connectivity index (χ2n) is 4.79. The van der Waals surface area contributed by atoms with Crippen LogP contribution in [0.5, 0.6) is 0 Å². The number of aromatic nitrogens is 2. The molecule has 1 amide bonds. The van der Waals surface area contributed by atoms with Crippen molar-refractivity contribution >= 4 is 5.91 Å². The first-order valence-electron chi connectivity index (χ1n) is 6.29. The molecule has 1 aliphatic rings. The summed E-state index contributed by atoms with van der Waals surface area (Å²) in [5.74, 6) is 1.06. The zero-order valence-corrected chi connectivity index (χ0v) is 11.0. The largest absolute Gasteiger partial charge is 0.423 e. The molecule has 3 rings (SSSR count). The van der Waals surface area contributed by atoms with Crippen LogP contribution in [0, 0.1) is 6.92 Å². The quantitative estimate of drug-likeness (QED) is 0.784. The lowest BCUT2D eigenvalue weighted by atomic mass is 9.94. The number of rotatable bonds is 1. The van der Waals surface area contributed by atoms with E-state index in [9.17, 15) is 4.79 Å². The monoisotopic (exact) mass is 257 g/mol. The number of nitrogens with zero attached hydrogens (tertiary/aromatic N) is 3. The fourth-order valence-electron chi connectivity index (χ4n) is 2.52. The van der Waals surface area contributed by atoms with Gasteiger partial charge in [-0.05, 0) is 11.1 Å². The molecule has 0 bridgehead atoms. The maximum absolute atomic E-state index is 11.8. The summed E-state index contributed by atoms with van der Waals surface area (Å²) in [5.41, 5.74) is 2.42. The van der Waals surface area contributed by atoms with E-state index in [1.165, 1.54) is 11.1 Å². The zero-order valence-electron chi connectivity index (χ0n) is 11.0. The number of carbonyl (C=O) groups is 1. The molecular formula is C14H15N3O2. The van der Waals surface area contributed by atoms with E-state index in [2.05, 4.69) is 22.3 Å². The Labute approximate surface area is 111 Å². The van der Waals surface area contributed by atoms with Gasteiger partial charge in [-0.25, -0.2) is 0 Å². The molecule has 0 fully saturated rings. The number of amides is 1. The molecule has 0 radical (unpaired) electrons. The Morgan fingerprint density at radius 3 is 2.68 bits per heavy atom. The molecule has 2 aromatic rings. The van der Waals surface area contributed by atoms with Gasteiger partial charge in [-0.3, -0.25) is 4.79 Å². The van der Waals surface area contributed by atoms with Crippen LogP contribution in [0.4, 0.5) is 0 Å². The van der Waals surface area contributed by atoms with Gasteiger partial charge < -0.3 is 9.32 Å². The Balaban J connectivity index is 2.00. The minimum absolute atomic E-state index is 0.0235. The van der Waals surface area contributed by atoms with Crippen LogP contribution in [0.3, 0.4) is 0 Å². The minimum atomic E-state index is -0.159. The van der Waals surface area contributed by atoms with Crippen LogP contribution in [0.15, 0.2) is 28.7 Å². The van der Waals surface area contributed by atoms with Gasteiger partial charge in [0.25, 0.3) is 0 Å². The van der Waals surface area contributed by atoms with Crippen LogP contribution in [0.1, 0.15) is 35.9 Å². The van der Waals surface area contributed by atoms with Crippen molar-refractivity contribution in [3.8, 4) is 0 Å². The molecule has 1 atom stereocenters. The van der Waals surface area contributed by atoms with Gasteiger partial charge in [0, 0.05) is 26.8 Å². The third-order valence-electron chi connectivity index (χ3n) is 3.48. The summed E-state index contributed by atoms with van der Waals surface area (Å²) >= 11 is 0. The van der Waals surface area contributed by atoms with Crippen molar-refractivity contribution in [3.63, 3.8) is 0 Å². The zero-order chi connectivity index (χ0) is 13.4. The molecule has 0 saturated heterocycles. The third kappa shape index (κ3) is 2.12. The summed E-state index contributed by atoms with van der Waals surface area (Å²) in [5, 5.41) is 7.92. The average Bonchev–Trinajstić information content (AvgIpc) is 2.83. The second kappa shape index (κ2) is 4.50. The van der Waals surface area contributed by atoms with Crippen molar-refractivity contribution in [1.82, 2.24) is 15.1 Å². The minimum Gasteiger partial charge on any atom is -0.423 e. The first kappa shape index (κ1) is 11.9. The molecule has 0 aliphatic carbocycles. The number of carbonyl (C=O) groups excluding carboxylic acids is 1. The first-order valence-corrected chi connectivity index (χ1v) is 6.29. The highest BCUT2D eigenvalue weighted by Crippen LogP contribution is 2.32. The van der Waals surface area contributed by atoms with Crippen molar-refractivity contribution in [1.29, 1.82) is 0 Å². The highest BCUT2D eigenvalue weighted by atomic mass is 16.4. The standard InChI is InChI=1S/C14H15N3O2/c1-9-15-16-14(19-9)13-7-11-5-3-4-6-12(11)8-17(13)10(2)18/h3-6,13H,7-8H2,1-2H3. The molecule has 0 N–H and O–H groups in total. The summed E-state index contributed by atoms with van der Waals surface area (Å²) in [6.45, 7) is 3.92. The smallest absolute Gasteiger partial charge is 0.239 e. The summed E-state index contributed by atoms with van der Waals surface area (Å²) in [6.07, 6.45) is 0.720. The number of hydrogen-bond acceptors (Lipinski definition) is 4. The van der Waals surface area contributed by atoms with E-state index in [1.54, 1.807) is 18.7 Å². The highest BCUT2D eigenvalue weighted by Gasteiger charge is 2.32. The molecule has 0 spiro atoms. The predicted octanol–water partition coefficient (Wildman–Crippen LogP) is 2.02. The van der Waals surface area contributed by atoms with Crippen LogP contribution in [-0.4, -0.2) is 21.0 Å². The topological polar surface area (TPSA) is 59.2 Å². The molecular weight excluding hydrogens is 242 g/mol. The van der Waals surface area contributed by atoms with Crippen LogP contribution in [-0.2, 0) is 17.8 Å². The Hall–Kier alpha value is -2.17. The number of benzene rings is 1. The Kier molecular flexibility index (Phi) is 2.81. The maximum Gasteiger partial charge on any atom is 0.239 e. The van der Waals surface area contributed by atoms with Gasteiger partial charge in [0.15, 0.2) is 0 Å². The first-order chi connectivity index (χ1) is 9.15. The molecule has 1 aliphatic heterocycles. The lowest BCUT2D eigenvalue weighted by Gasteiger charge is -2.34. The lowest BCUT2D eigenvalue weighted by molar-refractivity contribution is -0.133. The molecule has 98 valence electrons. The molecule has 19 heavy (non-hydrogen) atoms. The third-order valence-corrected chi connectivity index (χ3v) is 3.48. The molecule has 1 aromatic heterocycles. The van der Waals surface area contributed by atoms with Crippen molar-refractivity contribution in [2.45, 2.75) is 32.9 Å². The summed E-state index contributed by atoms with van der Waals surface area (Å²) in [6, 6.07) is 7.99. The van der Waals surface area contributed by atoms with Crippen molar-refractivity contribution in [2.75, 3.05) is 0 Å². The molecule has 0 saturated carbocycles. The van der Waals surface area contributed by atoms with Gasteiger partial charge in [0.05, 0.1) is 0 Å².